The Hall–Kier alpha value is -1.76. The van der Waals surface area contributed by atoms with Crippen LogP contribution in [0.1, 0.15) is 41.5 Å². The quantitative estimate of drug-likeness (QED) is 0.409. The SMILES string of the molecule is CN=C(NC1CCOc2ccccc21)NC1CC1c1ccccc1C.I. The third-order valence-electron chi connectivity index (χ3n) is 5.19. The second kappa shape index (κ2) is 8.29. The molecule has 4 nitrogen and oxygen atoms in total. The zero-order valence-electron chi connectivity index (χ0n) is 15.2. The van der Waals surface area contributed by atoms with Crippen LogP contribution in [0.4, 0.5) is 0 Å². The second-order valence-electron chi connectivity index (χ2n) is 6.89. The van der Waals surface area contributed by atoms with Crippen molar-refractivity contribution in [1.29, 1.82) is 0 Å². The van der Waals surface area contributed by atoms with E-state index >= 15 is 0 Å². The first-order chi connectivity index (χ1) is 12.3. The van der Waals surface area contributed by atoms with Gasteiger partial charge in [0, 0.05) is 31.0 Å². The molecule has 1 heterocycles. The third kappa shape index (κ3) is 3.98. The van der Waals surface area contributed by atoms with Gasteiger partial charge in [-0.15, -0.1) is 24.0 Å². The number of nitrogens with zero attached hydrogens (tertiary/aromatic N) is 1. The Kier molecular flexibility index (Phi) is 6.06. The van der Waals surface area contributed by atoms with Crippen molar-refractivity contribution in [3.8, 4) is 5.75 Å². The number of aryl methyl sites for hydroxylation is 1. The number of hydrogen-bond donors (Lipinski definition) is 2. The van der Waals surface area contributed by atoms with Gasteiger partial charge in [0.15, 0.2) is 5.96 Å². The van der Waals surface area contributed by atoms with Gasteiger partial charge in [0.2, 0.25) is 0 Å². The summed E-state index contributed by atoms with van der Waals surface area (Å²) in [5.41, 5.74) is 4.04. The van der Waals surface area contributed by atoms with Crippen molar-refractivity contribution in [3.05, 3.63) is 65.2 Å². The first kappa shape index (κ1) is 19.0. The van der Waals surface area contributed by atoms with E-state index < -0.39 is 0 Å². The van der Waals surface area contributed by atoms with E-state index in [1.807, 2.05) is 19.2 Å². The van der Waals surface area contributed by atoms with Crippen molar-refractivity contribution in [1.82, 2.24) is 10.6 Å². The zero-order chi connectivity index (χ0) is 17.2. The molecule has 4 rings (SSSR count). The van der Waals surface area contributed by atoms with Gasteiger partial charge in [-0.3, -0.25) is 4.99 Å². The number of rotatable bonds is 3. The topological polar surface area (TPSA) is 45.7 Å². The van der Waals surface area contributed by atoms with Crippen molar-refractivity contribution in [2.75, 3.05) is 13.7 Å². The molecule has 5 heteroatoms. The number of para-hydroxylation sites is 1. The molecule has 26 heavy (non-hydrogen) atoms. The summed E-state index contributed by atoms with van der Waals surface area (Å²) in [5, 5.41) is 7.17. The van der Waals surface area contributed by atoms with Crippen LogP contribution in [0.5, 0.6) is 5.75 Å². The maximum absolute atomic E-state index is 5.75. The lowest BCUT2D eigenvalue weighted by Crippen LogP contribution is -2.42. The van der Waals surface area contributed by atoms with Gasteiger partial charge < -0.3 is 15.4 Å². The summed E-state index contributed by atoms with van der Waals surface area (Å²) in [7, 11) is 1.84. The maximum atomic E-state index is 5.75. The van der Waals surface area contributed by atoms with E-state index in [1.165, 1.54) is 16.7 Å². The normalized spacial score (nSPS) is 23.9. The van der Waals surface area contributed by atoms with Crippen LogP contribution in [0.3, 0.4) is 0 Å². The predicted molar refractivity (Wildman–Crippen MR) is 117 cm³/mol. The molecule has 3 unspecified atom stereocenters. The molecule has 0 bridgehead atoms. The van der Waals surface area contributed by atoms with Gasteiger partial charge in [0.25, 0.3) is 0 Å². The summed E-state index contributed by atoms with van der Waals surface area (Å²) in [6, 6.07) is 17.6. The molecule has 3 atom stereocenters. The van der Waals surface area contributed by atoms with Crippen LogP contribution in [-0.4, -0.2) is 25.7 Å². The average Bonchev–Trinajstić information content (AvgIpc) is 3.40. The predicted octanol–water partition coefficient (Wildman–Crippen LogP) is 4.16. The van der Waals surface area contributed by atoms with E-state index in [-0.39, 0.29) is 30.0 Å². The van der Waals surface area contributed by atoms with Gasteiger partial charge in [-0.25, -0.2) is 0 Å². The van der Waals surface area contributed by atoms with Crippen LogP contribution in [0.15, 0.2) is 53.5 Å². The number of nitrogens with one attached hydrogen (secondary N) is 2. The monoisotopic (exact) mass is 463 g/mol. The fraction of sp³-hybridized carbons (Fsp3) is 0.381. The van der Waals surface area contributed by atoms with Gasteiger partial charge in [-0.05, 0) is 30.5 Å². The molecule has 2 aliphatic rings. The van der Waals surface area contributed by atoms with Gasteiger partial charge in [-0.2, -0.15) is 0 Å². The molecule has 1 aliphatic heterocycles. The Labute approximate surface area is 172 Å². The second-order valence-corrected chi connectivity index (χ2v) is 6.89. The molecule has 0 amide bonds. The van der Waals surface area contributed by atoms with Gasteiger partial charge >= 0.3 is 0 Å². The lowest BCUT2D eigenvalue weighted by Gasteiger charge is -2.28. The van der Waals surface area contributed by atoms with Crippen LogP contribution in [0.2, 0.25) is 0 Å². The zero-order valence-corrected chi connectivity index (χ0v) is 17.6. The van der Waals surface area contributed by atoms with Crippen molar-refractivity contribution in [2.45, 2.75) is 37.8 Å². The standard InChI is InChI=1S/C21H25N3O.HI/c1-14-7-3-4-8-15(14)17-13-19(17)24-21(22-2)23-18-11-12-25-20-10-6-5-9-16(18)20;/h3-10,17-19H,11-13H2,1-2H3,(H2,22,23,24);1H. The first-order valence-electron chi connectivity index (χ1n) is 9.03. The first-order valence-corrected chi connectivity index (χ1v) is 9.03. The highest BCUT2D eigenvalue weighted by Crippen LogP contribution is 2.42. The maximum Gasteiger partial charge on any atom is 0.191 e. The Morgan fingerprint density at radius 1 is 1.04 bits per heavy atom. The lowest BCUT2D eigenvalue weighted by molar-refractivity contribution is 0.261. The third-order valence-corrected chi connectivity index (χ3v) is 5.19. The number of halogens is 1. The minimum Gasteiger partial charge on any atom is -0.493 e. The molecule has 0 spiro atoms. The fourth-order valence-corrected chi connectivity index (χ4v) is 3.70. The molecule has 2 aromatic carbocycles. The van der Waals surface area contributed by atoms with Crippen LogP contribution >= 0.6 is 24.0 Å². The highest BCUT2D eigenvalue weighted by molar-refractivity contribution is 14.0. The van der Waals surface area contributed by atoms with Crippen molar-refractivity contribution in [2.24, 2.45) is 4.99 Å². The van der Waals surface area contributed by atoms with Crippen molar-refractivity contribution in [3.63, 3.8) is 0 Å². The molecule has 1 fully saturated rings. The number of aliphatic imine (C=N–C) groups is 1. The minimum absolute atomic E-state index is 0. The van der Waals surface area contributed by atoms with E-state index in [9.17, 15) is 0 Å². The Morgan fingerprint density at radius 3 is 2.54 bits per heavy atom. The summed E-state index contributed by atoms with van der Waals surface area (Å²) in [5.74, 6) is 2.44. The van der Waals surface area contributed by atoms with Gasteiger partial charge in [0.1, 0.15) is 5.75 Å². The highest BCUT2D eigenvalue weighted by Gasteiger charge is 2.40. The Bertz CT molecular complexity index is 792. The lowest BCUT2D eigenvalue weighted by atomic mass is 10.0. The number of hydrogen-bond acceptors (Lipinski definition) is 2. The minimum atomic E-state index is 0. The number of ether oxygens (including phenoxy) is 1. The van der Waals surface area contributed by atoms with Crippen molar-refractivity contribution < 1.29 is 4.74 Å². The summed E-state index contributed by atoms with van der Waals surface area (Å²) in [4.78, 5) is 4.44. The summed E-state index contributed by atoms with van der Waals surface area (Å²) >= 11 is 0. The van der Waals surface area contributed by atoms with Gasteiger partial charge in [0.05, 0.1) is 12.6 Å². The summed E-state index contributed by atoms with van der Waals surface area (Å²) in [6.07, 6.45) is 2.11. The Balaban J connectivity index is 0.00000196. The molecule has 2 aromatic rings. The molecular weight excluding hydrogens is 437 g/mol. The molecule has 0 aromatic heterocycles. The highest BCUT2D eigenvalue weighted by atomic mass is 127. The number of benzene rings is 2. The van der Waals surface area contributed by atoms with E-state index in [2.05, 4.69) is 58.9 Å². The van der Waals surface area contributed by atoms with Gasteiger partial charge in [-0.1, -0.05) is 42.5 Å². The largest absolute Gasteiger partial charge is 0.493 e. The molecule has 1 saturated carbocycles. The fourth-order valence-electron chi connectivity index (χ4n) is 3.70. The Morgan fingerprint density at radius 2 is 1.77 bits per heavy atom. The van der Waals surface area contributed by atoms with Crippen LogP contribution in [0, 0.1) is 6.92 Å². The van der Waals surface area contributed by atoms with E-state index in [0.29, 0.717) is 12.0 Å². The molecule has 138 valence electrons. The molecule has 1 aliphatic carbocycles. The number of guanidine groups is 1. The van der Waals surface area contributed by atoms with E-state index in [0.717, 1.165) is 31.2 Å². The van der Waals surface area contributed by atoms with E-state index in [1.54, 1.807) is 0 Å². The van der Waals surface area contributed by atoms with E-state index in [4.69, 9.17) is 4.74 Å². The molecular formula is C21H26IN3O. The van der Waals surface area contributed by atoms with Crippen LogP contribution < -0.4 is 15.4 Å². The summed E-state index contributed by atoms with van der Waals surface area (Å²) < 4.78 is 5.75. The molecule has 2 N–H and O–H groups in total. The average molecular weight is 463 g/mol. The van der Waals surface area contributed by atoms with Crippen LogP contribution in [0.25, 0.3) is 0 Å². The molecule has 0 radical (unpaired) electrons. The number of fused-ring (bicyclic) bond motifs is 1. The van der Waals surface area contributed by atoms with Crippen LogP contribution in [-0.2, 0) is 0 Å². The summed E-state index contributed by atoms with van der Waals surface area (Å²) in [6.45, 7) is 2.93. The molecule has 0 saturated heterocycles. The van der Waals surface area contributed by atoms with Crippen molar-refractivity contribution >= 4 is 29.9 Å². The smallest absolute Gasteiger partial charge is 0.191 e.